The van der Waals surface area contributed by atoms with Crippen molar-refractivity contribution in [3.05, 3.63) is 302 Å². The molecule has 394 valence electrons. The molecule has 0 fully saturated rings. The number of anilines is 3. The molecule has 1 aliphatic rings. The van der Waals surface area contributed by atoms with Gasteiger partial charge in [-0.25, -0.2) is 0 Å². The molecule has 2 aromatic heterocycles. The quantitative estimate of drug-likeness (QED) is 0.141. The number of hydrogen-bond donors (Lipinski definition) is 0. The number of fused-ring (bicyclic) bond motifs is 15. The lowest BCUT2D eigenvalue weighted by Crippen LogP contribution is -2.17. The fraction of sp³-hybridized carbons (Fsp3) is 0.0370. The van der Waals surface area contributed by atoms with Gasteiger partial charge in [0.25, 0.3) is 0 Å². The zero-order chi connectivity index (χ0) is 55.6. The Kier molecular flexibility index (Phi) is 10.7. The van der Waals surface area contributed by atoms with E-state index >= 15 is 0 Å². The highest BCUT2D eigenvalue weighted by molar-refractivity contribution is 6.30. The molecule has 16 aromatic rings. The van der Waals surface area contributed by atoms with E-state index in [1.807, 2.05) is 12.1 Å². The van der Waals surface area contributed by atoms with E-state index in [0.717, 1.165) is 72.5 Å². The van der Waals surface area contributed by atoms with E-state index in [4.69, 9.17) is 4.42 Å². The summed E-state index contributed by atoms with van der Waals surface area (Å²) in [7, 11) is 0. The molecule has 0 radical (unpaired) electrons. The third kappa shape index (κ3) is 7.38. The van der Waals surface area contributed by atoms with Gasteiger partial charge in [-0.3, -0.25) is 0 Å². The van der Waals surface area contributed by atoms with Crippen molar-refractivity contribution in [3.8, 4) is 61.3 Å². The van der Waals surface area contributed by atoms with Gasteiger partial charge in [0.1, 0.15) is 11.2 Å². The molecule has 0 aliphatic heterocycles. The van der Waals surface area contributed by atoms with Crippen molar-refractivity contribution >= 4 is 93.1 Å². The Hall–Kier alpha value is -10.7. The Morgan fingerprint density at radius 2 is 0.821 bits per heavy atom. The standard InChI is InChI=1S/C81H54N2O/c1-81(2)73-31-13-10-27-65(73)66-42-40-60(50-74(66)81)82(58-38-34-52(35-39-58)56-36-41-69-68-29-12-15-33-77(68)84-78(69)49-56)80-61(43-44-71-64-26-7-6-24-62(64)63-25-8-9-30-70(63)79(71)80)57-37-45-76-72(48-57)67-28-11-14-32-75(67)83(76)59-23-17-22-55(47-59)54-21-16-20-53(46-54)51-18-4-3-5-19-51/h3-50H,1-2H3. The van der Waals surface area contributed by atoms with Gasteiger partial charge in [0.05, 0.1) is 16.7 Å². The minimum atomic E-state index is -0.220. The van der Waals surface area contributed by atoms with Gasteiger partial charge in [0, 0.05) is 55.0 Å². The molecule has 3 heteroatoms. The largest absolute Gasteiger partial charge is 0.456 e. The maximum absolute atomic E-state index is 6.43. The van der Waals surface area contributed by atoms with Gasteiger partial charge in [-0.05, 0) is 167 Å². The highest BCUT2D eigenvalue weighted by Gasteiger charge is 2.36. The van der Waals surface area contributed by atoms with Crippen LogP contribution in [0.25, 0.3) is 137 Å². The fourth-order valence-electron chi connectivity index (χ4n) is 14.1. The van der Waals surface area contributed by atoms with Gasteiger partial charge in [0.2, 0.25) is 0 Å². The Morgan fingerprint density at radius 3 is 1.63 bits per heavy atom. The summed E-state index contributed by atoms with van der Waals surface area (Å²) in [6, 6.07) is 108. The van der Waals surface area contributed by atoms with E-state index in [-0.39, 0.29) is 5.41 Å². The molecule has 17 rings (SSSR count). The summed E-state index contributed by atoms with van der Waals surface area (Å²) < 4.78 is 8.88. The van der Waals surface area contributed by atoms with Crippen molar-refractivity contribution in [1.29, 1.82) is 0 Å². The molecular weight excluding hydrogens is 1020 g/mol. The number of rotatable bonds is 8. The third-order valence-corrected chi connectivity index (χ3v) is 18.2. The predicted molar refractivity (Wildman–Crippen MR) is 355 cm³/mol. The monoisotopic (exact) mass is 1070 g/mol. The molecule has 0 N–H and O–H groups in total. The first-order valence-corrected chi connectivity index (χ1v) is 29.1. The van der Waals surface area contributed by atoms with Gasteiger partial charge in [-0.2, -0.15) is 0 Å². The number of nitrogens with zero attached hydrogens (tertiary/aromatic N) is 2. The van der Waals surface area contributed by atoms with Crippen LogP contribution in [0.4, 0.5) is 17.1 Å². The minimum Gasteiger partial charge on any atom is -0.456 e. The van der Waals surface area contributed by atoms with Crippen molar-refractivity contribution in [2.75, 3.05) is 4.90 Å². The van der Waals surface area contributed by atoms with Crippen molar-refractivity contribution < 1.29 is 4.42 Å². The second-order valence-electron chi connectivity index (χ2n) is 23.1. The van der Waals surface area contributed by atoms with E-state index in [1.165, 1.54) is 93.1 Å². The normalized spacial score (nSPS) is 12.7. The van der Waals surface area contributed by atoms with E-state index in [1.54, 1.807) is 0 Å². The lowest BCUT2D eigenvalue weighted by molar-refractivity contribution is 0.660. The molecule has 0 amide bonds. The van der Waals surface area contributed by atoms with Crippen LogP contribution in [-0.2, 0) is 5.41 Å². The lowest BCUT2D eigenvalue weighted by atomic mass is 9.82. The molecule has 84 heavy (non-hydrogen) atoms. The van der Waals surface area contributed by atoms with E-state index < -0.39 is 0 Å². The zero-order valence-electron chi connectivity index (χ0n) is 46.5. The molecule has 1 aliphatic carbocycles. The third-order valence-electron chi connectivity index (χ3n) is 18.2. The van der Waals surface area contributed by atoms with Crippen LogP contribution in [0.5, 0.6) is 0 Å². The maximum atomic E-state index is 6.43. The Bertz CT molecular complexity index is 5310. The molecule has 0 spiro atoms. The van der Waals surface area contributed by atoms with Crippen LogP contribution in [0.3, 0.4) is 0 Å². The number of benzene rings is 14. The SMILES string of the molecule is CC1(C)c2ccccc2-c2ccc(N(c3ccc(-c4ccc5c(c4)oc4ccccc45)cc3)c3c(-c4ccc5c(c4)c4ccccc4n5-c4cccc(-c5cccc(-c6ccccc6)c5)c4)ccc4c5ccccc5c5ccccc5c34)cc21. The van der Waals surface area contributed by atoms with Crippen molar-refractivity contribution in [3.63, 3.8) is 0 Å². The molecule has 0 bridgehead atoms. The minimum absolute atomic E-state index is 0.220. The smallest absolute Gasteiger partial charge is 0.136 e. The zero-order valence-corrected chi connectivity index (χ0v) is 46.5. The second kappa shape index (κ2) is 18.7. The van der Waals surface area contributed by atoms with Gasteiger partial charge in [0.15, 0.2) is 0 Å². The summed E-state index contributed by atoms with van der Waals surface area (Å²) in [5, 5.41) is 12.0. The average molecular weight is 1070 g/mol. The van der Waals surface area contributed by atoms with Crippen LogP contribution in [-0.4, -0.2) is 4.57 Å². The molecular formula is C81H54N2O. The first kappa shape index (κ1) is 48.0. The summed E-state index contributed by atoms with van der Waals surface area (Å²) in [6.07, 6.45) is 0. The Morgan fingerprint density at radius 1 is 0.298 bits per heavy atom. The van der Waals surface area contributed by atoms with Crippen LogP contribution < -0.4 is 4.90 Å². The van der Waals surface area contributed by atoms with E-state index in [2.05, 4.69) is 302 Å². The maximum Gasteiger partial charge on any atom is 0.136 e. The van der Waals surface area contributed by atoms with Crippen LogP contribution in [0.2, 0.25) is 0 Å². The van der Waals surface area contributed by atoms with Crippen molar-refractivity contribution in [2.45, 2.75) is 19.3 Å². The Balaban J connectivity index is 0.901. The summed E-state index contributed by atoms with van der Waals surface area (Å²) in [5.74, 6) is 0. The fourth-order valence-corrected chi connectivity index (χ4v) is 14.1. The molecule has 0 saturated heterocycles. The number of para-hydroxylation sites is 2. The number of aromatic nitrogens is 1. The molecule has 14 aromatic carbocycles. The summed E-state index contributed by atoms with van der Waals surface area (Å²) in [5.41, 5.74) is 22.9. The average Bonchev–Trinajstić information content (AvgIpc) is 2.68. The van der Waals surface area contributed by atoms with Crippen LogP contribution in [0.15, 0.2) is 296 Å². The summed E-state index contributed by atoms with van der Waals surface area (Å²) >= 11 is 0. The summed E-state index contributed by atoms with van der Waals surface area (Å²) in [4.78, 5) is 2.57. The van der Waals surface area contributed by atoms with Crippen molar-refractivity contribution in [1.82, 2.24) is 4.57 Å². The molecule has 3 nitrogen and oxygen atoms in total. The molecule has 0 unspecified atom stereocenters. The Labute approximate surface area is 487 Å². The van der Waals surface area contributed by atoms with Crippen molar-refractivity contribution in [2.24, 2.45) is 0 Å². The highest BCUT2D eigenvalue weighted by Crippen LogP contribution is 2.54. The molecule has 2 heterocycles. The van der Waals surface area contributed by atoms with Crippen LogP contribution >= 0.6 is 0 Å². The van der Waals surface area contributed by atoms with Gasteiger partial charge >= 0.3 is 0 Å². The van der Waals surface area contributed by atoms with Gasteiger partial charge < -0.3 is 13.9 Å². The first-order valence-electron chi connectivity index (χ1n) is 29.1. The van der Waals surface area contributed by atoms with E-state index in [0.29, 0.717) is 0 Å². The van der Waals surface area contributed by atoms with Crippen LogP contribution in [0, 0.1) is 0 Å². The second-order valence-corrected chi connectivity index (χ2v) is 23.1. The topological polar surface area (TPSA) is 21.3 Å². The lowest BCUT2D eigenvalue weighted by Gasteiger charge is -2.32. The summed E-state index contributed by atoms with van der Waals surface area (Å²) in [6.45, 7) is 4.77. The van der Waals surface area contributed by atoms with Gasteiger partial charge in [-0.15, -0.1) is 0 Å². The highest BCUT2D eigenvalue weighted by atomic mass is 16.3. The van der Waals surface area contributed by atoms with E-state index in [9.17, 15) is 0 Å². The number of hydrogen-bond acceptors (Lipinski definition) is 2. The number of furan rings is 1. The van der Waals surface area contributed by atoms with Gasteiger partial charge in [-0.1, -0.05) is 226 Å². The van der Waals surface area contributed by atoms with Crippen LogP contribution in [0.1, 0.15) is 25.0 Å². The predicted octanol–water partition coefficient (Wildman–Crippen LogP) is 22.6. The molecule has 0 atom stereocenters. The first-order chi connectivity index (χ1) is 41.4. The molecule has 0 saturated carbocycles.